The second-order valence-corrected chi connectivity index (χ2v) is 9.81. The molecular weight excluding hydrogens is 426 g/mol. The number of likely N-dealkylation sites (N-methyl/N-ethyl adjacent to an activating group) is 1. The van der Waals surface area contributed by atoms with Crippen LogP contribution in [0, 0.1) is 0 Å². The monoisotopic (exact) mass is 453 g/mol. The first-order valence-corrected chi connectivity index (χ1v) is 11.7. The minimum absolute atomic E-state index is 0.0967. The van der Waals surface area contributed by atoms with Crippen LogP contribution in [0.3, 0.4) is 0 Å². The van der Waals surface area contributed by atoms with Gasteiger partial charge in [-0.05, 0) is 69.1 Å². The van der Waals surface area contributed by atoms with Crippen molar-refractivity contribution in [2.75, 3.05) is 18.9 Å². The van der Waals surface area contributed by atoms with Crippen LogP contribution in [-0.4, -0.2) is 43.2 Å². The molecule has 1 aliphatic carbocycles. The molecule has 1 aromatic carbocycles. The second-order valence-electron chi connectivity index (χ2n) is 9.81. The molecule has 0 radical (unpaired) electrons. The van der Waals surface area contributed by atoms with E-state index in [1.165, 1.54) is 28.7 Å². The van der Waals surface area contributed by atoms with Gasteiger partial charge in [0.05, 0.1) is 17.1 Å². The highest BCUT2D eigenvalue weighted by Gasteiger charge is 2.48. The zero-order valence-electron chi connectivity index (χ0n) is 19.6. The zero-order chi connectivity index (χ0) is 23.4. The molecule has 34 heavy (non-hydrogen) atoms. The standard InChI is InChI=1S/C26H27N7O/c1-16(2)33-24(34)19-13-28-25(30-22(19)23(31-33)21-6-4-5-11-27-21)29-18-7-8-20-17(12-18)14-32(3)15-26(20)9-10-26/h4-8,11-13,16H,9-10,14-15H2,1-3H3,(H,28,29,30). The van der Waals surface area contributed by atoms with Gasteiger partial charge in [-0.15, -0.1) is 0 Å². The summed E-state index contributed by atoms with van der Waals surface area (Å²) in [5.74, 6) is 0.429. The molecular formula is C26H27N7O. The number of hydrogen-bond acceptors (Lipinski definition) is 7. The first kappa shape index (κ1) is 20.9. The highest BCUT2D eigenvalue weighted by molar-refractivity contribution is 5.89. The van der Waals surface area contributed by atoms with Gasteiger partial charge in [-0.25, -0.2) is 14.6 Å². The Morgan fingerprint density at radius 2 is 1.97 bits per heavy atom. The maximum absolute atomic E-state index is 13.1. The van der Waals surface area contributed by atoms with Crippen LogP contribution >= 0.6 is 0 Å². The summed E-state index contributed by atoms with van der Waals surface area (Å²) in [5, 5.41) is 8.40. The third kappa shape index (κ3) is 3.45. The molecule has 6 rings (SSSR count). The average molecular weight is 454 g/mol. The van der Waals surface area contributed by atoms with Gasteiger partial charge in [0.25, 0.3) is 5.56 Å². The molecule has 1 aliphatic heterocycles. The molecule has 1 spiro atoms. The van der Waals surface area contributed by atoms with Crippen LogP contribution in [0.5, 0.6) is 0 Å². The van der Waals surface area contributed by atoms with Crippen molar-refractivity contribution in [1.82, 2.24) is 29.6 Å². The number of fused-ring (bicyclic) bond motifs is 3. The number of benzene rings is 1. The molecule has 1 N–H and O–H groups in total. The quantitative estimate of drug-likeness (QED) is 0.499. The maximum atomic E-state index is 13.1. The number of hydrogen-bond donors (Lipinski definition) is 1. The fourth-order valence-corrected chi connectivity index (χ4v) is 5.10. The van der Waals surface area contributed by atoms with Crippen molar-refractivity contribution in [3.63, 3.8) is 0 Å². The van der Waals surface area contributed by atoms with Crippen LogP contribution in [0.15, 0.2) is 53.6 Å². The number of anilines is 2. The molecule has 3 aromatic heterocycles. The van der Waals surface area contributed by atoms with E-state index in [0.29, 0.717) is 33.7 Å². The molecule has 2 aliphatic rings. The lowest BCUT2D eigenvalue weighted by molar-refractivity contribution is 0.271. The maximum Gasteiger partial charge on any atom is 0.278 e. The Balaban J connectivity index is 1.43. The Labute approximate surface area is 197 Å². The van der Waals surface area contributed by atoms with Gasteiger partial charge in [-0.1, -0.05) is 12.1 Å². The Morgan fingerprint density at radius 1 is 1.12 bits per heavy atom. The molecule has 0 bridgehead atoms. The zero-order valence-corrected chi connectivity index (χ0v) is 19.6. The summed E-state index contributed by atoms with van der Waals surface area (Å²) >= 11 is 0. The lowest BCUT2D eigenvalue weighted by atomic mass is 9.87. The molecule has 0 atom stereocenters. The van der Waals surface area contributed by atoms with Crippen LogP contribution < -0.4 is 10.9 Å². The lowest BCUT2D eigenvalue weighted by Crippen LogP contribution is -2.35. The molecule has 8 heteroatoms. The van der Waals surface area contributed by atoms with E-state index in [-0.39, 0.29) is 11.6 Å². The number of nitrogens with zero attached hydrogens (tertiary/aromatic N) is 6. The van der Waals surface area contributed by atoms with Crippen molar-refractivity contribution >= 4 is 22.5 Å². The van der Waals surface area contributed by atoms with Crippen molar-refractivity contribution in [3.05, 3.63) is 70.3 Å². The van der Waals surface area contributed by atoms with Crippen LogP contribution in [0.1, 0.15) is 43.9 Å². The molecule has 4 heterocycles. The normalized spacial score (nSPS) is 16.7. The fourth-order valence-electron chi connectivity index (χ4n) is 5.10. The molecule has 4 aromatic rings. The van der Waals surface area contributed by atoms with E-state index >= 15 is 0 Å². The van der Waals surface area contributed by atoms with Crippen LogP contribution in [-0.2, 0) is 12.0 Å². The van der Waals surface area contributed by atoms with Gasteiger partial charge in [0.1, 0.15) is 11.2 Å². The topological polar surface area (TPSA) is 88.8 Å². The van der Waals surface area contributed by atoms with E-state index in [0.717, 1.165) is 18.8 Å². The summed E-state index contributed by atoms with van der Waals surface area (Å²) in [6, 6.07) is 12.1. The summed E-state index contributed by atoms with van der Waals surface area (Å²) in [5.41, 5.74) is 5.64. The highest BCUT2D eigenvalue weighted by Crippen LogP contribution is 2.52. The predicted octanol–water partition coefficient (Wildman–Crippen LogP) is 4.05. The molecule has 0 saturated heterocycles. The van der Waals surface area contributed by atoms with E-state index in [1.54, 1.807) is 12.4 Å². The van der Waals surface area contributed by atoms with E-state index in [1.807, 2.05) is 32.0 Å². The average Bonchev–Trinajstić information content (AvgIpc) is 3.58. The highest BCUT2D eigenvalue weighted by atomic mass is 16.1. The van der Waals surface area contributed by atoms with Crippen LogP contribution in [0.2, 0.25) is 0 Å². The first-order chi connectivity index (χ1) is 16.4. The van der Waals surface area contributed by atoms with E-state index < -0.39 is 0 Å². The summed E-state index contributed by atoms with van der Waals surface area (Å²) in [6.07, 6.45) is 5.83. The van der Waals surface area contributed by atoms with Crippen LogP contribution in [0.25, 0.3) is 22.3 Å². The van der Waals surface area contributed by atoms with Gasteiger partial charge in [0, 0.05) is 36.6 Å². The van der Waals surface area contributed by atoms with Gasteiger partial charge in [0.15, 0.2) is 0 Å². The SMILES string of the molecule is CC(C)n1nc(-c2ccccn2)c2nc(Nc3ccc4c(c3)CN(C)CC43CC3)ncc2c1=O. The molecule has 0 unspecified atom stereocenters. The van der Waals surface area contributed by atoms with Crippen molar-refractivity contribution in [2.45, 2.75) is 44.7 Å². The van der Waals surface area contributed by atoms with Gasteiger partial charge in [-0.2, -0.15) is 5.10 Å². The summed E-state index contributed by atoms with van der Waals surface area (Å²) in [7, 11) is 2.19. The fraction of sp³-hybridized carbons (Fsp3) is 0.346. The van der Waals surface area contributed by atoms with Gasteiger partial charge >= 0.3 is 0 Å². The van der Waals surface area contributed by atoms with Crippen molar-refractivity contribution in [1.29, 1.82) is 0 Å². The number of nitrogens with one attached hydrogen (secondary N) is 1. The molecule has 1 fully saturated rings. The predicted molar refractivity (Wildman–Crippen MR) is 132 cm³/mol. The smallest absolute Gasteiger partial charge is 0.278 e. The lowest BCUT2D eigenvalue weighted by Gasteiger charge is -2.32. The third-order valence-corrected chi connectivity index (χ3v) is 6.86. The van der Waals surface area contributed by atoms with E-state index in [9.17, 15) is 4.79 Å². The van der Waals surface area contributed by atoms with Crippen LogP contribution in [0.4, 0.5) is 11.6 Å². The number of aromatic nitrogens is 5. The van der Waals surface area contributed by atoms with E-state index in [2.05, 4.69) is 50.5 Å². The van der Waals surface area contributed by atoms with Gasteiger partial charge in [-0.3, -0.25) is 9.78 Å². The minimum atomic E-state index is -0.206. The molecule has 0 amide bonds. The summed E-state index contributed by atoms with van der Waals surface area (Å²) in [4.78, 5) is 29.1. The number of pyridine rings is 1. The van der Waals surface area contributed by atoms with Gasteiger partial charge < -0.3 is 10.2 Å². The first-order valence-electron chi connectivity index (χ1n) is 11.7. The summed E-state index contributed by atoms with van der Waals surface area (Å²) in [6.45, 7) is 5.93. The van der Waals surface area contributed by atoms with Crippen molar-refractivity contribution < 1.29 is 0 Å². The summed E-state index contributed by atoms with van der Waals surface area (Å²) < 4.78 is 1.47. The Morgan fingerprint density at radius 3 is 2.71 bits per heavy atom. The largest absolute Gasteiger partial charge is 0.324 e. The van der Waals surface area contributed by atoms with Gasteiger partial charge in [0.2, 0.25) is 5.95 Å². The Hall–Kier alpha value is -3.65. The Kier molecular flexibility index (Phi) is 4.74. The third-order valence-electron chi connectivity index (χ3n) is 6.86. The molecule has 8 nitrogen and oxygen atoms in total. The molecule has 172 valence electrons. The second kappa shape index (κ2) is 7.70. The molecule has 1 saturated carbocycles. The van der Waals surface area contributed by atoms with Crippen molar-refractivity contribution in [3.8, 4) is 11.4 Å². The Bertz CT molecular complexity index is 1460. The van der Waals surface area contributed by atoms with E-state index in [4.69, 9.17) is 4.98 Å². The van der Waals surface area contributed by atoms with Crippen molar-refractivity contribution in [2.24, 2.45) is 0 Å². The number of rotatable bonds is 4. The minimum Gasteiger partial charge on any atom is -0.324 e.